The summed E-state index contributed by atoms with van der Waals surface area (Å²) < 4.78 is 10.5. The molecule has 1 atom stereocenters. The predicted molar refractivity (Wildman–Crippen MR) is 76.3 cm³/mol. The molecule has 1 aromatic carbocycles. The van der Waals surface area contributed by atoms with Crippen LogP contribution in [-0.2, 0) is 25.7 Å². The summed E-state index contributed by atoms with van der Waals surface area (Å²) in [4.78, 5) is 23.9. The van der Waals surface area contributed by atoms with Gasteiger partial charge in [0.25, 0.3) is 5.24 Å². The van der Waals surface area contributed by atoms with E-state index in [1.807, 2.05) is 30.3 Å². The van der Waals surface area contributed by atoms with Crippen molar-refractivity contribution in [1.29, 1.82) is 0 Å². The van der Waals surface area contributed by atoms with Gasteiger partial charge in [0.2, 0.25) is 5.60 Å². The van der Waals surface area contributed by atoms with Gasteiger partial charge in [0.1, 0.15) is 0 Å². The number of ether oxygens (including phenoxy) is 2. The zero-order valence-electron chi connectivity index (χ0n) is 11.9. The maximum Gasteiger partial charge on any atom is 0.347 e. The quantitative estimate of drug-likeness (QED) is 0.441. The molecule has 110 valence electrons. The lowest BCUT2D eigenvalue weighted by Crippen LogP contribution is -2.52. The molecule has 5 heteroatoms. The molecule has 0 aromatic heterocycles. The normalized spacial score (nSPS) is 13.8. The lowest BCUT2D eigenvalue weighted by Gasteiger charge is -2.31. The Balaban J connectivity index is 2.98. The highest BCUT2D eigenvalue weighted by atomic mass is 35.5. The SMILES string of the molecule is CCOC(=O)[C@](OCc1ccccc1)(C(=O)Cl)C(C)C. The van der Waals surface area contributed by atoms with Gasteiger partial charge in [-0.2, -0.15) is 0 Å². The maximum atomic E-state index is 12.1. The van der Waals surface area contributed by atoms with E-state index in [1.165, 1.54) is 0 Å². The summed E-state index contributed by atoms with van der Waals surface area (Å²) in [7, 11) is 0. The topological polar surface area (TPSA) is 52.6 Å². The van der Waals surface area contributed by atoms with Crippen molar-refractivity contribution in [2.24, 2.45) is 5.92 Å². The van der Waals surface area contributed by atoms with Gasteiger partial charge < -0.3 is 9.47 Å². The largest absolute Gasteiger partial charge is 0.463 e. The summed E-state index contributed by atoms with van der Waals surface area (Å²) in [6.07, 6.45) is 0. The molecule has 0 N–H and O–H groups in total. The molecule has 20 heavy (non-hydrogen) atoms. The van der Waals surface area contributed by atoms with Gasteiger partial charge in [-0.3, -0.25) is 4.79 Å². The molecule has 0 aliphatic rings. The number of halogens is 1. The number of carbonyl (C=O) groups is 2. The molecule has 0 aliphatic carbocycles. The van der Waals surface area contributed by atoms with E-state index in [9.17, 15) is 9.59 Å². The second-order valence-electron chi connectivity index (χ2n) is 4.66. The molecule has 1 rings (SSSR count). The zero-order valence-corrected chi connectivity index (χ0v) is 12.6. The first-order chi connectivity index (χ1) is 9.45. The summed E-state index contributed by atoms with van der Waals surface area (Å²) in [5.41, 5.74) is -0.923. The molecule has 0 unspecified atom stereocenters. The molecule has 0 radical (unpaired) electrons. The first-order valence-electron chi connectivity index (χ1n) is 6.50. The Bertz CT molecular complexity index is 458. The smallest absolute Gasteiger partial charge is 0.347 e. The summed E-state index contributed by atoms with van der Waals surface area (Å²) in [6, 6.07) is 9.26. The van der Waals surface area contributed by atoms with Gasteiger partial charge in [0.15, 0.2) is 0 Å². The van der Waals surface area contributed by atoms with E-state index in [1.54, 1.807) is 20.8 Å². The molecule has 1 aromatic rings. The molecule has 0 fully saturated rings. The molecule has 0 aliphatic heterocycles. The van der Waals surface area contributed by atoms with Crippen LogP contribution < -0.4 is 0 Å². The predicted octanol–water partition coefficient (Wildman–Crippen LogP) is 2.93. The van der Waals surface area contributed by atoms with Crippen LogP contribution in [0.1, 0.15) is 26.3 Å². The summed E-state index contributed by atoms with van der Waals surface area (Å²) in [5.74, 6) is -1.18. The van der Waals surface area contributed by atoms with Gasteiger partial charge in [-0.05, 0) is 24.1 Å². The van der Waals surface area contributed by atoms with Crippen LogP contribution in [0, 0.1) is 5.92 Å². The van der Waals surface area contributed by atoms with Gasteiger partial charge in [-0.15, -0.1) is 0 Å². The highest BCUT2D eigenvalue weighted by Gasteiger charge is 2.50. The first-order valence-corrected chi connectivity index (χ1v) is 6.88. The van der Waals surface area contributed by atoms with Crippen molar-refractivity contribution in [1.82, 2.24) is 0 Å². The molecule has 0 bridgehead atoms. The van der Waals surface area contributed by atoms with E-state index in [0.717, 1.165) is 5.56 Å². The number of esters is 1. The Kier molecular flexibility index (Phi) is 6.17. The molecule has 0 amide bonds. The van der Waals surface area contributed by atoms with E-state index in [-0.39, 0.29) is 13.2 Å². The van der Waals surface area contributed by atoms with E-state index in [2.05, 4.69) is 0 Å². The average Bonchev–Trinajstić information content (AvgIpc) is 2.40. The fraction of sp³-hybridized carbons (Fsp3) is 0.467. The van der Waals surface area contributed by atoms with Crippen LogP contribution in [0.25, 0.3) is 0 Å². The number of carbonyl (C=O) groups excluding carboxylic acids is 2. The summed E-state index contributed by atoms with van der Waals surface area (Å²) >= 11 is 5.63. The number of benzene rings is 1. The Morgan fingerprint density at radius 3 is 2.30 bits per heavy atom. The molecular weight excluding hydrogens is 280 g/mol. The monoisotopic (exact) mass is 298 g/mol. The molecule has 0 spiro atoms. The van der Waals surface area contributed by atoms with E-state index in [4.69, 9.17) is 21.1 Å². The number of hydrogen-bond acceptors (Lipinski definition) is 4. The summed E-state index contributed by atoms with van der Waals surface area (Å²) in [5, 5.41) is -0.859. The van der Waals surface area contributed by atoms with E-state index in [0.29, 0.717) is 0 Å². The van der Waals surface area contributed by atoms with Crippen molar-refractivity contribution in [2.75, 3.05) is 6.61 Å². The summed E-state index contributed by atoms with van der Waals surface area (Å²) in [6.45, 7) is 5.33. The van der Waals surface area contributed by atoms with Crippen LogP contribution in [0.4, 0.5) is 0 Å². The molecule has 4 nitrogen and oxygen atoms in total. The van der Waals surface area contributed by atoms with Crippen molar-refractivity contribution in [3.05, 3.63) is 35.9 Å². The lowest BCUT2D eigenvalue weighted by molar-refractivity contribution is -0.182. The van der Waals surface area contributed by atoms with Crippen molar-refractivity contribution in [2.45, 2.75) is 33.0 Å². The van der Waals surface area contributed by atoms with Crippen LogP contribution in [0.15, 0.2) is 30.3 Å². The zero-order chi connectivity index (χ0) is 15.2. The minimum absolute atomic E-state index is 0.107. The van der Waals surface area contributed by atoms with Gasteiger partial charge in [-0.25, -0.2) is 4.79 Å². The highest BCUT2D eigenvalue weighted by Crippen LogP contribution is 2.28. The van der Waals surface area contributed by atoms with Crippen LogP contribution in [-0.4, -0.2) is 23.4 Å². The lowest BCUT2D eigenvalue weighted by atomic mass is 9.91. The Morgan fingerprint density at radius 1 is 1.25 bits per heavy atom. The maximum absolute atomic E-state index is 12.1. The van der Waals surface area contributed by atoms with Crippen molar-refractivity contribution in [3.8, 4) is 0 Å². The minimum atomic E-state index is -1.77. The van der Waals surface area contributed by atoms with E-state index >= 15 is 0 Å². The third-order valence-electron chi connectivity index (χ3n) is 2.99. The molecule has 0 saturated carbocycles. The van der Waals surface area contributed by atoms with Gasteiger partial charge in [0, 0.05) is 5.92 Å². The number of hydrogen-bond donors (Lipinski definition) is 0. The molecular formula is C15H19ClO4. The van der Waals surface area contributed by atoms with Crippen LogP contribution >= 0.6 is 11.6 Å². The average molecular weight is 299 g/mol. The fourth-order valence-electron chi connectivity index (χ4n) is 1.83. The van der Waals surface area contributed by atoms with E-state index < -0.39 is 22.7 Å². The second kappa shape index (κ2) is 7.41. The second-order valence-corrected chi connectivity index (χ2v) is 5.00. The number of rotatable bonds is 7. The van der Waals surface area contributed by atoms with Crippen LogP contribution in [0.2, 0.25) is 0 Å². The Morgan fingerprint density at radius 2 is 1.85 bits per heavy atom. The van der Waals surface area contributed by atoms with Gasteiger partial charge in [0.05, 0.1) is 13.2 Å². The van der Waals surface area contributed by atoms with Gasteiger partial charge >= 0.3 is 5.97 Å². The first kappa shape index (κ1) is 16.7. The van der Waals surface area contributed by atoms with Crippen molar-refractivity contribution in [3.63, 3.8) is 0 Å². The van der Waals surface area contributed by atoms with Gasteiger partial charge in [-0.1, -0.05) is 44.2 Å². The standard InChI is InChI=1S/C15H19ClO4/c1-4-19-14(18)15(11(2)3,13(16)17)20-10-12-8-6-5-7-9-12/h5-9,11H,4,10H2,1-3H3/t15-/m1/s1. The minimum Gasteiger partial charge on any atom is -0.463 e. The van der Waals surface area contributed by atoms with Crippen LogP contribution in [0.5, 0.6) is 0 Å². The Labute approximate surface area is 124 Å². The third kappa shape index (κ3) is 3.58. The molecule has 0 heterocycles. The Hall–Kier alpha value is -1.39. The fourth-order valence-corrected chi connectivity index (χ4v) is 2.18. The molecule has 0 saturated heterocycles. The van der Waals surface area contributed by atoms with Crippen LogP contribution in [0.3, 0.4) is 0 Å². The van der Waals surface area contributed by atoms with Crippen molar-refractivity contribution < 1.29 is 19.1 Å². The highest BCUT2D eigenvalue weighted by molar-refractivity contribution is 6.67. The van der Waals surface area contributed by atoms with Crippen molar-refractivity contribution >= 4 is 22.8 Å². The third-order valence-corrected chi connectivity index (χ3v) is 3.27.